The summed E-state index contributed by atoms with van der Waals surface area (Å²) in [6.45, 7) is 10.9. The molecule has 0 heterocycles. The van der Waals surface area contributed by atoms with Gasteiger partial charge in [-0.25, -0.2) is 0 Å². The molecule has 1 nitrogen and oxygen atoms in total. The molecule has 1 saturated carbocycles. The Morgan fingerprint density at radius 1 is 1.06 bits per heavy atom. The predicted octanol–water partition coefficient (Wildman–Crippen LogP) is 8.38. The number of ether oxygens (including phenoxy) is 1. The van der Waals surface area contributed by atoms with Gasteiger partial charge in [0.05, 0.1) is 6.10 Å². The SMILES string of the molecule is C=C(C)c1ccc2c(c1)CCCC([S-])=C2c1ccc(CC2CCC(C(C)OC)CCC2C)cc1. The molecule has 0 spiro atoms. The van der Waals surface area contributed by atoms with Crippen molar-refractivity contribution in [2.75, 3.05) is 7.11 Å². The Morgan fingerprint density at radius 2 is 1.79 bits per heavy atom. The zero-order valence-corrected chi connectivity index (χ0v) is 22.3. The molecule has 2 aromatic carbocycles. The van der Waals surface area contributed by atoms with E-state index in [1.165, 1.54) is 65.5 Å². The fourth-order valence-corrected chi connectivity index (χ4v) is 6.36. The van der Waals surface area contributed by atoms with Crippen molar-refractivity contribution in [2.45, 2.75) is 78.2 Å². The van der Waals surface area contributed by atoms with E-state index in [-0.39, 0.29) is 0 Å². The molecule has 0 N–H and O–H groups in total. The van der Waals surface area contributed by atoms with E-state index < -0.39 is 0 Å². The van der Waals surface area contributed by atoms with Crippen LogP contribution in [0.1, 0.15) is 87.1 Å². The van der Waals surface area contributed by atoms with Gasteiger partial charge in [-0.3, -0.25) is 0 Å². The summed E-state index contributed by atoms with van der Waals surface area (Å²) >= 11 is 5.93. The number of aryl methyl sites for hydroxylation is 1. The average Bonchev–Trinajstić information content (AvgIpc) is 3.12. The van der Waals surface area contributed by atoms with Crippen LogP contribution in [0.25, 0.3) is 11.1 Å². The summed E-state index contributed by atoms with van der Waals surface area (Å²) in [4.78, 5) is 1.10. The first-order chi connectivity index (χ1) is 16.4. The van der Waals surface area contributed by atoms with Gasteiger partial charge in [0.25, 0.3) is 0 Å². The van der Waals surface area contributed by atoms with Crippen LogP contribution in [-0.4, -0.2) is 13.2 Å². The minimum atomic E-state index is 0.375. The maximum atomic E-state index is 5.93. The first-order valence-corrected chi connectivity index (χ1v) is 13.6. The number of hydrogen-bond donors (Lipinski definition) is 0. The number of hydrogen-bond acceptors (Lipinski definition) is 2. The monoisotopic (exact) mass is 473 g/mol. The third-order valence-electron chi connectivity index (χ3n) is 8.48. The van der Waals surface area contributed by atoms with E-state index in [1.807, 2.05) is 7.11 Å². The number of allylic oxidation sites excluding steroid dienone is 2. The Kier molecular flexibility index (Phi) is 8.32. The summed E-state index contributed by atoms with van der Waals surface area (Å²) in [5, 5.41) is 0. The van der Waals surface area contributed by atoms with Crippen LogP contribution in [0.15, 0.2) is 53.9 Å². The molecular formula is C32H41OS-. The highest BCUT2D eigenvalue weighted by atomic mass is 32.1. The van der Waals surface area contributed by atoms with E-state index in [0.29, 0.717) is 12.0 Å². The van der Waals surface area contributed by atoms with Crippen LogP contribution >= 0.6 is 0 Å². The molecule has 0 radical (unpaired) electrons. The van der Waals surface area contributed by atoms with E-state index in [9.17, 15) is 0 Å². The van der Waals surface area contributed by atoms with Crippen molar-refractivity contribution >= 4 is 23.8 Å². The minimum Gasteiger partial charge on any atom is -0.783 e. The van der Waals surface area contributed by atoms with Gasteiger partial charge >= 0.3 is 0 Å². The van der Waals surface area contributed by atoms with Gasteiger partial charge in [-0.2, -0.15) is 4.91 Å². The molecule has 2 heteroatoms. The highest BCUT2D eigenvalue weighted by Gasteiger charge is 2.27. The summed E-state index contributed by atoms with van der Waals surface area (Å²) in [5.41, 5.74) is 9.07. The number of rotatable bonds is 6. The van der Waals surface area contributed by atoms with E-state index in [0.717, 1.165) is 41.6 Å². The van der Waals surface area contributed by atoms with Gasteiger partial charge in [-0.15, -0.1) is 0 Å². The molecule has 34 heavy (non-hydrogen) atoms. The highest BCUT2D eigenvalue weighted by molar-refractivity contribution is 7.63. The van der Waals surface area contributed by atoms with Crippen molar-refractivity contribution in [2.24, 2.45) is 17.8 Å². The molecule has 2 aliphatic rings. The second kappa shape index (κ2) is 11.2. The topological polar surface area (TPSA) is 9.23 Å². The Bertz CT molecular complexity index is 1030. The van der Waals surface area contributed by atoms with Crippen LogP contribution in [0, 0.1) is 17.8 Å². The van der Waals surface area contributed by atoms with Gasteiger partial charge in [0.2, 0.25) is 0 Å². The fourth-order valence-electron chi connectivity index (χ4n) is 5.99. The lowest BCUT2D eigenvalue weighted by atomic mass is 9.84. The zero-order valence-electron chi connectivity index (χ0n) is 21.5. The summed E-state index contributed by atoms with van der Waals surface area (Å²) in [6, 6.07) is 16.1. The molecule has 4 unspecified atom stereocenters. The molecule has 182 valence electrons. The maximum absolute atomic E-state index is 5.93. The lowest BCUT2D eigenvalue weighted by Gasteiger charge is -2.23. The van der Waals surface area contributed by atoms with Crippen LogP contribution in [0.5, 0.6) is 0 Å². The van der Waals surface area contributed by atoms with E-state index in [1.54, 1.807) is 0 Å². The van der Waals surface area contributed by atoms with Crippen LogP contribution in [-0.2, 0) is 30.2 Å². The first-order valence-electron chi connectivity index (χ1n) is 13.2. The van der Waals surface area contributed by atoms with Gasteiger partial charge in [0.1, 0.15) is 0 Å². The van der Waals surface area contributed by atoms with Gasteiger partial charge < -0.3 is 17.4 Å². The lowest BCUT2D eigenvalue weighted by molar-refractivity contribution is 0.0597. The first kappa shape index (κ1) is 25.2. The van der Waals surface area contributed by atoms with Crippen molar-refractivity contribution in [3.63, 3.8) is 0 Å². The summed E-state index contributed by atoms with van der Waals surface area (Å²) < 4.78 is 5.65. The van der Waals surface area contributed by atoms with E-state index in [2.05, 4.69) is 69.8 Å². The third kappa shape index (κ3) is 5.66. The Labute approximate surface area is 213 Å². The number of benzene rings is 2. The van der Waals surface area contributed by atoms with Gasteiger partial charge in [-0.05, 0) is 104 Å². The van der Waals surface area contributed by atoms with Crippen LogP contribution < -0.4 is 0 Å². The zero-order chi connectivity index (χ0) is 24.2. The molecule has 0 amide bonds. The predicted molar refractivity (Wildman–Crippen MR) is 149 cm³/mol. The Hall–Kier alpha value is -1.90. The molecule has 2 aromatic rings. The van der Waals surface area contributed by atoms with Crippen molar-refractivity contribution in [1.82, 2.24) is 0 Å². The maximum Gasteiger partial charge on any atom is 0.0571 e. The molecule has 2 aliphatic carbocycles. The highest BCUT2D eigenvalue weighted by Crippen LogP contribution is 2.38. The summed E-state index contributed by atoms with van der Waals surface area (Å²) in [7, 11) is 1.85. The van der Waals surface area contributed by atoms with Crippen molar-refractivity contribution in [3.8, 4) is 0 Å². The van der Waals surface area contributed by atoms with Gasteiger partial charge in [-0.1, -0.05) is 74.4 Å². The Balaban J connectivity index is 1.53. The average molecular weight is 474 g/mol. The number of fused-ring (bicyclic) bond motifs is 1. The summed E-state index contributed by atoms with van der Waals surface area (Å²) in [6.07, 6.45) is 9.95. The van der Waals surface area contributed by atoms with Crippen molar-refractivity contribution in [1.29, 1.82) is 0 Å². The molecule has 1 fully saturated rings. The molecule has 4 rings (SSSR count). The molecule has 0 aliphatic heterocycles. The largest absolute Gasteiger partial charge is 0.783 e. The Morgan fingerprint density at radius 3 is 2.50 bits per heavy atom. The standard InChI is InChI=1S/C32H42OS/c1-21(2)27-17-18-30-29(20-27)7-6-8-31(34)32(30)26-13-10-24(11-14-26)19-28-16-15-25(23(4)33-5)12-9-22(28)3/h10-11,13-14,17-18,20,22-23,25,28,34H,1,6-9,12,15-16,19H2,2-5H3/p-1. The normalized spacial score (nSPS) is 24.2. The van der Waals surface area contributed by atoms with Gasteiger partial charge in [0, 0.05) is 7.11 Å². The van der Waals surface area contributed by atoms with E-state index >= 15 is 0 Å². The minimum absolute atomic E-state index is 0.375. The second-order valence-electron chi connectivity index (χ2n) is 10.8. The quantitative estimate of drug-likeness (QED) is 0.308. The molecule has 0 bridgehead atoms. The fraction of sp³-hybridized carbons (Fsp3) is 0.500. The number of methoxy groups -OCH3 is 1. The molecular weight excluding hydrogens is 432 g/mol. The van der Waals surface area contributed by atoms with Gasteiger partial charge in [0.15, 0.2) is 0 Å². The summed E-state index contributed by atoms with van der Waals surface area (Å²) in [5.74, 6) is 2.23. The van der Waals surface area contributed by atoms with Crippen LogP contribution in [0.2, 0.25) is 0 Å². The third-order valence-corrected chi connectivity index (χ3v) is 8.89. The van der Waals surface area contributed by atoms with Crippen molar-refractivity contribution < 1.29 is 4.74 Å². The van der Waals surface area contributed by atoms with E-state index in [4.69, 9.17) is 17.4 Å². The van der Waals surface area contributed by atoms with Crippen LogP contribution in [0.4, 0.5) is 0 Å². The second-order valence-corrected chi connectivity index (χ2v) is 11.3. The van der Waals surface area contributed by atoms with Crippen LogP contribution in [0.3, 0.4) is 0 Å². The molecule has 4 atom stereocenters. The smallest absolute Gasteiger partial charge is 0.0571 e. The molecule has 0 saturated heterocycles. The lowest BCUT2D eigenvalue weighted by Crippen LogP contribution is -2.18. The van der Waals surface area contributed by atoms with Crippen molar-refractivity contribution in [3.05, 3.63) is 81.8 Å². The molecule has 0 aromatic heterocycles.